The Morgan fingerprint density at radius 1 is 1.15 bits per heavy atom. The number of hydrogen-bond donors (Lipinski definition) is 1. The number of likely N-dealkylation sites (N-methyl/N-ethyl adjacent to an activating group) is 1. The molecule has 252 valence electrons. The summed E-state index contributed by atoms with van der Waals surface area (Å²) in [4.78, 5) is 33.6. The largest absolute Gasteiger partial charge is 0.444 e. The molecular weight excluding hydrogens is 638 g/mol. The van der Waals surface area contributed by atoms with E-state index >= 15 is 8.78 Å². The fourth-order valence-corrected chi connectivity index (χ4v) is 8.47. The number of ether oxygens (including phenoxy) is 2. The van der Waals surface area contributed by atoms with Gasteiger partial charge in [-0.25, -0.2) is 23.5 Å². The van der Waals surface area contributed by atoms with Gasteiger partial charge in [-0.3, -0.25) is 15.2 Å². The monoisotopic (exact) mass is 676 g/mol. The van der Waals surface area contributed by atoms with Gasteiger partial charge in [0, 0.05) is 66.8 Å². The fourth-order valence-electron chi connectivity index (χ4n) is 7.44. The number of hydrogen-bond acceptors (Lipinski definition) is 11. The SMILES string of the molecule is C[C@H]1[C@@H](N2CCN(C)C[C@@H]2C)CCN1c1ncc2c3c(c(-c4ncc(F)c5sc(NC(=O)OC(C)(C)C)c(C#N)c45)c(F)c2n1)COC3. The van der Waals surface area contributed by atoms with Crippen LogP contribution in [0.3, 0.4) is 0 Å². The van der Waals surface area contributed by atoms with Crippen molar-refractivity contribution in [2.45, 2.75) is 78.0 Å². The number of anilines is 2. The second-order valence-corrected chi connectivity index (χ2v) is 14.9. The van der Waals surface area contributed by atoms with E-state index in [4.69, 9.17) is 19.4 Å². The van der Waals surface area contributed by atoms with Crippen LogP contribution in [0.4, 0.5) is 24.5 Å². The number of benzene rings is 1. The Labute approximate surface area is 281 Å². The molecule has 2 fully saturated rings. The van der Waals surface area contributed by atoms with Crippen molar-refractivity contribution in [1.82, 2.24) is 24.8 Å². The Kier molecular flexibility index (Phi) is 8.22. The molecule has 1 aromatic carbocycles. The second-order valence-electron chi connectivity index (χ2n) is 13.9. The zero-order valence-corrected chi connectivity index (χ0v) is 28.7. The van der Waals surface area contributed by atoms with Crippen molar-refractivity contribution in [3.05, 3.63) is 40.7 Å². The molecule has 3 aliphatic heterocycles. The average molecular weight is 677 g/mol. The minimum Gasteiger partial charge on any atom is -0.444 e. The first-order valence-electron chi connectivity index (χ1n) is 16.2. The molecule has 1 amide bonds. The molecular formula is C34H38F2N8O3S. The molecule has 1 N–H and O–H groups in total. The molecule has 0 unspecified atom stereocenters. The smallest absolute Gasteiger partial charge is 0.412 e. The molecule has 2 saturated heterocycles. The van der Waals surface area contributed by atoms with Crippen LogP contribution in [0, 0.1) is 23.0 Å². The number of carbonyl (C=O) groups is 1. The van der Waals surface area contributed by atoms with Gasteiger partial charge < -0.3 is 19.3 Å². The molecule has 0 aliphatic carbocycles. The van der Waals surface area contributed by atoms with Gasteiger partial charge in [0.15, 0.2) is 11.6 Å². The Bertz CT molecular complexity index is 1990. The van der Waals surface area contributed by atoms with Crippen LogP contribution < -0.4 is 10.2 Å². The highest BCUT2D eigenvalue weighted by atomic mass is 32.1. The number of fused-ring (bicyclic) bond motifs is 4. The number of rotatable bonds is 4. The highest BCUT2D eigenvalue weighted by Crippen LogP contribution is 2.46. The summed E-state index contributed by atoms with van der Waals surface area (Å²) in [6.45, 7) is 13.6. The van der Waals surface area contributed by atoms with Crippen molar-refractivity contribution in [3.63, 3.8) is 0 Å². The predicted molar refractivity (Wildman–Crippen MR) is 180 cm³/mol. The number of nitrogens with one attached hydrogen (secondary N) is 1. The third-order valence-electron chi connectivity index (χ3n) is 9.60. The summed E-state index contributed by atoms with van der Waals surface area (Å²) in [7, 11) is 2.15. The molecule has 14 heteroatoms. The first kappa shape index (κ1) is 32.5. The summed E-state index contributed by atoms with van der Waals surface area (Å²) in [6.07, 6.45) is 2.83. The van der Waals surface area contributed by atoms with E-state index < -0.39 is 23.3 Å². The van der Waals surface area contributed by atoms with Crippen molar-refractivity contribution < 1.29 is 23.0 Å². The Hall–Kier alpha value is -4.03. The van der Waals surface area contributed by atoms with Crippen molar-refractivity contribution >= 4 is 49.4 Å². The van der Waals surface area contributed by atoms with Gasteiger partial charge in [0.25, 0.3) is 0 Å². The molecule has 3 atom stereocenters. The van der Waals surface area contributed by atoms with Crippen molar-refractivity contribution in [2.75, 3.05) is 43.4 Å². The molecule has 4 aromatic rings. The first-order chi connectivity index (χ1) is 22.9. The number of carbonyl (C=O) groups excluding carboxylic acids is 1. The van der Waals surface area contributed by atoms with E-state index in [1.807, 2.05) is 0 Å². The van der Waals surface area contributed by atoms with Gasteiger partial charge in [-0.1, -0.05) is 0 Å². The third kappa shape index (κ3) is 5.52. The summed E-state index contributed by atoms with van der Waals surface area (Å²) in [6, 6.07) is 2.94. The number of nitrogens with zero attached hydrogens (tertiary/aromatic N) is 7. The quantitative estimate of drug-likeness (QED) is 0.274. The summed E-state index contributed by atoms with van der Waals surface area (Å²) < 4.78 is 43.5. The Morgan fingerprint density at radius 3 is 2.65 bits per heavy atom. The lowest BCUT2D eigenvalue weighted by Crippen LogP contribution is -2.56. The number of piperazine rings is 1. The molecule has 0 radical (unpaired) electrons. The fraction of sp³-hybridized carbons (Fsp3) is 0.500. The standard InChI is InChI=1S/C34H38F2N8O3S/c1-17-14-42(6)9-10-43(17)24-7-8-44(18(24)2)32-39-12-20-21-15-46-16-22(21)25(27(36)28(20)40-32)29-26-19(11-37)31(41-33(45)47-34(3,4)5)48-30(26)23(35)13-38-29/h12-13,17-18,24H,7-10,14-16H2,1-6H3,(H,41,45)/t17-,18-,24-/m0/s1. The van der Waals surface area contributed by atoms with Crippen LogP contribution in [-0.2, 0) is 22.7 Å². The van der Waals surface area contributed by atoms with E-state index in [0.29, 0.717) is 29.0 Å². The zero-order chi connectivity index (χ0) is 34.1. The van der Waals surface area contributed by atoms with E-state index in [2.05, 4.69) is 52.0 Å². The van der Waals surface area contributed by atoms with Crippen LogP contribution >= 0.6 is 11.3 Å². The molecule has 6 heterocycles. The van der Waals surface area contributed by atoms with E-state index in [1.54, 1.807) is 27.0 Å². The normalized spacial score (nSPS) is 22.0. The van der Waals surface area contributed by atoms with Gasteiger partial charge >= 0.3 is 6.09 Å². The second kappa shape index (κ2) is 12.1. The van der Waals surface area contributed by atoms with Crippen LogP contribution in [0.5, 0.6) is 0 Å². The number of pyridine rings is 1. The van der Waals surface area contributed by atoms with Gasteiger partial charge in [-0.2, -0.15) is 5.26 Å². The Morgan fingerprint density at radius 2 is 1.92 bits per heavy atom. The first-order valence-corrected chi connectivity index (χ1v) is 17.0. The maximum Gasteiger partial charge on any atom is 0.412 e. The van der Waals surface area contributed by atoms with Gasteiger partial charge in [-0.15, -0.1) is 11.3 Å². The molecule has 11 nitrogen and oxygen atoms in total. The van der Waals surface area contributed by atoms with Gasteiger partial charge in [0.05, 0.1) is 35.4 Å². The van der Waals surface area contributed by atoms with Crippen LogP contribution in [0.2, 0.25) is 0 Å². The third-order valence-corrected chi connectivity index (χ3v) is 10.7. The van der Waals surface area contributed by atoms with Crippen LogP contribution in [0.25, 0.3) is 32.2 Å². The van der Waals surface area contributed by atoms with E-state index in [9.17, 15) is 10.1 Å². The van der Waals surface area contributed by atoms with Crippen molar-refractivity contribution in [3.8, 4) is 17.3 Å². The number of thiophene rings is 1. The van der Waals surface area contributed by atoms with Gasteiger partial charge in [-0.05, 0) is 59.2 Å². The molecule has 0 bridgehead atoms. The van der Waals surface area contributed by atoms with Crippen molar-refractivity contribution in [1.29, 1.82) is 5.26 Å². The number of halogens is 2. The highest BCUT2D eigenvalue weighted by molar-refractivity contribution is 7.23. The average Bonchev–Trinajstić information content (AvgIpc) is 3.75. The summed E-state index contributed by atoms with van der Waals surface area (Å²) in [5, 5.41) is 13.5. The molecule has 7 rings (SSSR count). The maximum atomic E-state index is 17.0. The van der Waals surface area contributed by atoms with Crippen molar-refractivity contribution in [2.24, 2.45) is 0 Å². The molecule has 48 heavy (non-hydrogen) atoms. The minimum atomic E-state index is -0.795. The minimum absolute atomic E-state index is 0.0338. The van der Waals surface area contributed by atoms with Gasteiger partial charge in [0.2, 0.25) is 5.95 Å². The molecule has 0 saturated carbocycles. The maximum absolute atomic E-state index is 17.0. The molecule has 3 aliphatic rings. The molecule has 3 aromatic heterocycles. The van der Waals surface area contributed by atoms with E-state index in [1.165, 1.54) is 0 Å². The van der Waals surface area contributed by atoms with Gasteiger partial charge in [0.1, 0.15) is 22.2 Å². The van der Waals surface area contributed by atoms with Crippen LogP contribution in [-0.4, -0.2) is 87.8 Å². The predicted octanol–water partition coefficient (Wildman–Crippen LogP) is 6.04. The topological polar surface area (TPSA) is 120 Å². The molecule has 0 spiro atoms. The summed E-state index contributed by atoms with van der Waals surface area (Å²) >= 11 is 0.870. The lowest BCUT2D eigenvalue weighted by molar-refractivity contribution is 0.0593. The lowest BCUT2D eigenvalue weighted by atomic mass is 9.94. The van der Waals surface area contributed by atoms with Crippen LogP contribution in [0.15, 0.2) is 12.4 Å². The summed E-state index contributed by atoms with van der Waals surface area (Å²) in [5.41, 5.74) is 0.741. The number of nitriles is 1. The van der Waals surface area contributed by atoms with E-state index in [0.717, 1.165) is 55.7 Å². The number of aromatic nitrogens is 3. The zero-order valence-electron chi connectivity index (χ0n) is 27.9. The number of amides is 1. The Balaban J connectivity index is 1.32. The van der Waals surface area contributed by atoms with E-state index in [-0.39, 0.29) is 56.7 Å². The lowest BCUT2D eigenvalue weighted by Gasteiger charge is -2.43. The van der Waals surface area contributed by atoms with Crippen LogP contribution in [0.1, 0.15) is 57.7 Å². The highest BCUT2D eigenvalue weighted by Gasteiger charge is 2.40. The summed E-state index contributed by atoms with van der Waals surface area (Å²) in [5.74, 6) is -0.901.